The van der Waals surface area contributed by atoms with E-state index in [1.165, 1.54) is 38.5 Å². The van der Waals surface area contributed by atoms with Gasteiger partial charge in [-0.2, -0.15) is 0 Å². The third-order valence-corrected chi connectivity index (χ3v) is 4.67. The summed E-state index contributed by atoms with van der Waals surface area (Å²) in [6.45, 7) is 4.94. The van der Waals surface area contributed by atoms with Crippen molar-refractivity contribution in [2.75, 3.05) is 0 Å². The van der Waals surface area contributed by atoms with Crippen LogP contribution in [0.3, 0.4) is 0 Å². The minimum Gasteiger partial charge on any atom is -0.325 e. The van der Waals surface area contributed by atoms with Crippen LogP contribution in [-0.4, -0.2) is 5.54 Å². The van der Waals surface area contributed by atoms with Gasteiger partial charge in [-0.15, -0.1) is 0 Å². The Morgan fingerprint density at radius 1 is 0.923 bits per heavy atom. The molecule has 0 aromatic carbocycles. The molecule has 3 unspecified atom stereocenters. The minimum absolute atomic E-state index is 0.225. The van der Waals surface area contributed by atoms with Crippen LogP contribution in [0, 0.1) is 16.7 Å². The van der Waals surface area contributed by atoms with E-state index in [4.69, 9.17) is 5.73 Å². The Labute approximate surface area is 81.1 Å². The van der Waals surface area contributed by atoms with Crippen LogP contribution in [0.15, 0.2) is 0 Å². The number of hydrogen-bond donors (Lipinski definition) is 1. The highest BCUT2D eigenvalue weighted by Crippen LogP contribution is 2.65. The van der Waals surface area contributed by atoms with Crippen LogP contribution >= 0.6 is 0 Å². The summed E-state index contributed by atoms with van der Waals surface area (Å²) in [6.07, 6.45) is 8.27. The van der Waals surface area contributed by atoms with Crippen LogP contribution in [0.2, 0.25) is 0 Å². The molecule has 4 rings (SSSR count). The maximum atomic E-state index is 6.49. The quantitative estimate of drug-likeness (QED) is 0.608. The molecule has 0 heterocycles. The van der Waals surface area contributed by atoms with E-state index in [9.17, 15) is 0 Å². The van der Waals surface area contributed by atoms with E-state index in [1.807, 2.05) is 0 Å². The van der Waals surface area contributed by atoms with Gasteiger partial charge in [-0.1, -0.05) is 13.8 Å². The third-order valence-electron chi connectivity index (χ3n) is 4.67. The van der Waals surface area contributed by atoms with E-state index in [-0.39, 0.29) is 5.54 Å². The molecule has 0 aromatic heterocycles. The molecule has 4 aliphatic carbocycles. The van der Waals surface area contributed by atoms with Gasteiger partial charge in [0.25, 0.3) is 0 Å². The average Bonchev–Trinajstić information content (AvgIpc) is 1.71. The van der Waals surface area contributed by atoms with Crippen LogP contribution in [0.5, 0.6) is 0 Å². The molecule has 4 saturated carbocycles. The topological polar surface area (TPSA) is 26.0 Å². The first-order chi connectivity index (χ1) is 5.91. The standard InChI is InChI=1S/C12H21N/c1-10-3-9-4-11(2,6-10)8-12(13,5-9)7-10/h9H,3-8,13H2,1-2H3/t9?,10-,11?,12?/m1/s1. The molecule has 13 heavy (non-hydrogen) atoms. The molecule has 4 bridgehead atoms. The molecule has 4 atom stereocenters. The van der Waals surface area contributed by atoms with Gasteiger partial charge in [-0.05, 0) is 55.3 Å². The van der Waals surface area contributed by atoms with Crippen molar-refractivity contribution in [3.05, 3.63) is 0 Å². The number of rotatable bonds is 0. The van der Waals surface area contributed by atoms with Crippen LogP contribution < -0.4 is 5.73 Å². The predicted octanol–water partition coefficient (Wildman–Crippen LogP) is 2.69. The van der Waals surface area contributed by atoms with Gasteiger partial charge < -0.3 is 5.73 Å². The van der Waals surface area contributed by atoms with Crippen LogP contribution in [-0.2, 0) is 0 Å². The van der Waals surface area contributed by atoms with E-state index >= 15 is 0 Å². The lowest BCUT2D eigenvalue weighted by Gasteiger charge is -2.64. The Kier molecular flexibility index (Phi) is 1.26. The van der Waals surface area contributed by atoms with E-state index in [0.717, 1.165) is 5.92 Å². The zero-order chi connectivity index (χ0) is 9.32. The number of nitrogens with two attached hydrogens (primary N) is 1. The summed E-state index contributed by atoms with van der Waals surface area (Å²) in [5.41, 5.74) is 7.92. The Morgan fingerprint density at radius 2 is 1.46 bits per heavy atom. The third kappa shape index (κ3) is 1.09. The van der Waals surface area contributed by atoms with Gasteiger partial charge in [0.05, 0.1) is 0 Å². The zero-order valence-electron chi connectivity index (χ0n) is 8.90. The molecular formula is C12H21N. The summed E-state index contributed by atoms with van der Waals surface area (Å²) in [7, 11) is 0. The molecule has 4 aliphatic rings. The second-order valence-corrected chi connectivity index (χ2v) is 6.99. The lowest BCUT2D eigenvalue weighted by atomic mass is 9.43. The van der Waals surface area contributed by atoms with Gasteiger partial charge in [-0.25, -0.2) is 0 Å². The van der Waals surface area contributed by atoms with Gasteiger partial charge in [0.2, 0.25) is 0 Å². The van der Waals surface area contributed by atoms with Crippen molar-refractivity contribution in [1.29, 1.82) is 0 Å². The van der Waals surface area contributed by atoms with Crippen molar-refractivity contribution >= 4 is 0 Å². The van der Waals surface area contributed by atoms with Crippen molar-refractivity contribution in [3.63, 3.8) is 0 Å². The SMILES string of the molecule is CC12CC3CC(N)(C1)C[C@](C)(C3)C2. The highest BCUT2D eigenvalue weighted by molar-refractivity contribution is 5.12. The molecule has 1 nitrogen and oxygen atoms in total. The molecular weight excluding hydrogens is 158 g/mol. The Balaban J connectivity index is 2.03. The van der Waals surface area contributed by atoms with Gasteiger partial charge in [0.15, 0.2) is 0 Å². The molecule has 4 fully saturated rings. The molecule has 0 amide bonds. The maximum absolute atomic E-state index is 6.49. The van der Waals surface area contributed by atoms with E-state index in [2.05, 4.69) is 13.8 Å². The molecule has 1 heteroatoms. The highest BCUT2D eigenvalue weighted by atomic mass is 14.8. The second-order valence-electron chi connectivity index (χ2n) is 6.99. The van der Waals surface area contributed by atoms with Crippen LogP contribution in [0.1, 0.15) is 52.4 Å². The summed E-state index contributed by atoms with van der Waals surface area (Å²) >= 11 is 0. The summed E-state index contributed by atoms with van der Waals surface area (Å²) < 4.78 is 0. The molecule has 0 aliphatic heterocycles. The highest BCUT2D eigenvalue weighted by Gasteiger charge is 2.58. The van der Waals surface area contributed by atoms with Gasteiger partial charge in [-0.3, -0.25) is 0 Å². The maximum Gasteiger partial charge on any atom is 0.0167 e. The summed E-state index contributed by atoms with van der Waals surface area (Å²) in [5, 5.41) is 0. The molecule has 2 N–H and O–H groups in total. The lowest BCUT2D eigenvalue weighted by Crippen LogP contribution is -2.62. The zero-order valence-corrected chi connectivity index (χ0v) is 8.90. The molecule has 0 radical (unpaired) electrons. The summed E-state index contributed by atoms with van der Waals surface area (Å²) in [6, 6.07) is 0. The summed E-state index contributed by atoms with van der Waals surface area (Å²) in [4.78, 5) is 0. The van der Waals surface area contributed by atoms with Crippen molar-refractivity contribution in [3.8, 4) is 0 Å². The Bertz CT molecular complexity index is 207. The fourth-order valence-electron chi connectivity index (χ4n) is 5.54. The van der Waals surface area contributed by atoms with E-state index < -0.39 is 0 Å². The summed E-state index contributed by atoms with van der Waals surface area (Å²) in [5.74, 6) is 0.955. The largest absolute Gasteiger partial charge is 0.325 e. The molecule has 0 saturated heterocycles. The Morgan fingerprint density at radius 3 is 1.85 bits per heavy atom. The van der Waals surface area contributed by atoms with E-state index in [0.29, 0.717) is 10.8 Å². The van der Waals surface area contributed by atoms with Crippen LogP contribution in [0.25, 0.3) is 0 Å². The average molecular weight is 179 g/mol. The van der Waals surface area contributed by atoms with Crippen LogP contribution in [0.4, 0.5) is 0 Å². The van der Waals surface area contributed by atoms with Gasteiger partial charge in [0.1, 0.15) is 0 Å². The first kappa shape index (κ1) is 8.28. The van der Waals surface area contributed by atoms with Crippen molar-refractivity contribution < 1.29 is 0 Å². The van der Waals surface area contributed by atoms with Gasteiger partial charge >= 0.3 is 0 Å². The fourth-order valence-corrected chi connectivity index (χ4v) is 5.54. The molecule has 74 valence electrons. The predicted molar refractivity (Wildman–Crippen MR) is 54.3 cm³/mol. The second kappa shape index (κ2) is 1.98. The molecule has 0 aromatic rings. The number of hydrogen-bond acceptors (Lipinski definition) is 1. The van der Waals surface area contributed by atoms with Crippen molar-refractivity contribution in [2.24, 2.45) is 22.5 Å². The first-order valence-corrected chi connectivity index (χ1v) is 5.70. The molecule has 0 spiro atoms. The van der Waals surface area contributed by atoms with Crippen molar-refractivity contribution in [2.45, 2.75) is 57.9 Å². The fraction of sp³-hybridized carbons (Fsp3) is 1.00. The minimum atomic E-state index is 0.225. The van der Waals surface area contributed by atoms with Gasteiger partial charge in [0, 0.05) is 5.54 Å². The van der Waals surface area contributed by atoms with Crippen molar-refractivity contribution in [1.82, 2.24) is 0 Å². The smallest absolute Gasteiger partial charge is 0.0167 e. The lowest BCUT2D eigenvalue weighted by molar-refractivity contribution is -0.104. The Hall–Kier alpha value is -0.0400. The first-order valence-electron chi connectivity index (χ1n) is 5.70. The van der Waals surface area contributed by atoms with E-state index in [1.54, 1.807) is 0 Å². The monoisotopic (exact) mass is 179 g/mol. The normalized spacial score (nSPS) is 64.4.